The topological polar surface area (TPSA) is 35.5 Å². The van der Waals surface area contributed by atoms with Gasteiger partial charge in [-0.25, -0.2) is 4.79 Å². The van der Waals surface area contributed by atoms with Gasteiger partial charge in [-0.1, -0.05) is 12.1 Å². The zero-order valence-corrected chi connectivity index (χ0v) is 10.6. The summed E-state index contributed by atoms with van der Waals surface area (Å²) in [6, 6.07) is 7.53. The smallest absolute Gasteiger partial charge is 0.330 e. The molecule has 0 bridgehead atoms. The van der Waals surface area contributed by atoms with Crippen LogP contribution in [0.3, 0.4) is 0 Å². The molecule has 0 radical (unpaired) electrons. The normalized spacial score (nSPS) is 10.4. The van der Waals surface area contributed by atoms with Gasteiger partial charge in [-0.3, -0.25) is 0 Å². The molecule has 86 valence electrons. The fraction of sp³-hybridized carbons (Fsp3) is 0.250. The fourth-order valence-electron chi connectivity index (χ4n) is 1.03. The molecule has 16 heavy (non-hydrogen) atoms. The fourth-order valence-corrected chi connectivity index (χ4v) is 1.43. The van der Waals surface area contributed by atoms with Crippen LogP contribution in [0.2, 0.25) is 0 Å². The summed E-state index contributed by atoms with van der Waals surface area (Å²) in [5.41, 5.74) is 0. The maximum atomic E-state index is 10.9. The Morgan fingerprint density at radius 2 is 2.19 bits per heavy atom. The van der Waals surface area contributed by atoms with Gasteiger partial charge in [-0.05, 0) is 41.1 Å². The number of carbonyl (C=O) groups excluding carboxylic acids is 1. The van der Waals surface area contributed by atoms with E-state index in [0.29, 0.717) is 13.2 Å². The van der Waals surface area contributed by atoms with Gasteiger partial charge >= 0.3 is 5.97 Å². The number of benzene rings is 1. The molecule has 0 unspecified atom stereocenters. The number of hydrogen-bond acceptors (Lipinski definition) is 3. The van der Waals surface area contributed by atoms with Gasteiger partial charge in [-0.2, -0.15) is 0 Å². The number of esters is 1. The van der Waals surface area contributed by atoms with E-state index >= 15 is 0 Å². The van der Waals surface area contributed by atoms with Crippen LogP contribution in [0.4, 0.5) is 0 Å². The van der Waals surface area contributed by atoms with Crippen molar-refractivity contribution in [1.82, 2.24) is 0 Å². The number of carbonyl (C=O) groups is 1. The summed E-state index contributed by atoms with van der Waals surface area (Å²) in [6.45, 7) is 2.49. The average Bonchev–Trinajstić information content (AvgIpc) is 2.27. The third kappa shape index (κ3) is 4.49. The van der Waals surface area contributed by atoms with E-state index in [1.165, 1.54) is 6.08 Å². The highest BCUT2D eigenvalue weighted by Crippen LogP contribution is 2.23. The first-order chi connectivity index (χ1) is 7.74. The summed E-state index contributed by atoms with van der Waals surface area (Å²) < 4.78 is 11.0. The van der Waals surface area contributed by atoms with Crippen molar-refractivity contribution in [3.8, 4) is 5.75 Å². The number of halogens is 1. The van der Waals surface area contributed by atoms with E-state index in [1.54, 1.807) is 13.0 Å². The van der Waals surface area contributed by atoms with Crippen LogP contribution in [-0.2, 0) is 9.53 Å². The predicted octanol–water partition coefficient (Wildman–Crippen LogP) is 2.95. The van der Waals surface area contributed by atoms with Crippen molar-refractivity contribution >= 4 is 21.9 Å². The van der Waals surface area contributed by atoms with Gasteiger partial charge in [0.05, 0.1) is 11.1 Å². The summed E-state index contributed by atoms with van der Waals surface area (Å²) in [5.74, 6) is 0.397. The molecule has 0 heterocycles. The van der Waals surface area contributed by atoms with Crippen LogP contribution < -0.4 is 4.74 Å². The van der Waals surface area contributed by atoms with Crippen LogP contribution in [0.5, 0.6) is 5.75 Å². The predicted molar refractivity (Wildman–Crippen MR) is 65.4 cm³/mol. The molecule has 0 spiro atoms. The molecule has 1 aromatic carbocycles. The molecule has 1 aromatic rings. The molecule has 1 rings (SSSR count). The Bertz CT molecular complexity index is 374. The summed E-state index contributed by atoms with van der Waals surface area (Å²) in [4.78, 5) is 10.9. The van der Waals surface area contributed by atoms with Gasteiger partial charge in [0.2, 0.25) is 0 Å². The molecule has 0 aliphatic rings. The summed E-state index contributed by atoms with van der Waals surface area (Å²) in [5, 5.41) is 0. The second kappa shape index (κ2) is 7.06. The molecular weight excluding hydrogens is 272 g/mol. The Morgan fingerprint density at radius 3 is 2.88 bits per heavy atom. The van der Waals surface area contributed by atoms with Gasteiger partial charge in [-0.15, -0.1) is 0 Å². The first kappa shape index (κ1) is 12.8. The van der Waals surface area contributed by atoms with Crippen molar-refractivity contribution in [1.29, 1.82) is 0 Å². The van der Waals surface area contributed by atoms with E-state index in [0.717, 1.165) is 10.2 Å². The van der Waals surface area contributed by atoms with E-state index in [1.807, 2.05) is 24.3 Å². The molecule has 0 aliphatic heterocycles. The number of ether oxygens (including phenoxy) is 2. The largest absolute Gasteiger partial charge is 0.488 e. The lowest BCUT2D eigenvalue weighted by Crippen LogP contribution is -2.01. The zero-order chi connectivity index (χ0) is 11.8. The van der Waals surface area contributed by atoms with Gasteiger partial charge < -0.3 is 9.47 Å². The third-order valence-electron chi connectivity index (χ3n) is 1.71. The molecule has 0 fully saturated rings. The maximum Gasteiger partial charge on any atom is 0.330 e. The van der Waals surface area contributed by atoms with E-state index < -0.39 is 0 Å². The SMILES string of the molecule is CCOC(=O)C=CCOc1ccccc1Br. The van der Waals surface area contributed by atoms with Crippen molar-refractivity contribution in [3.63, 3.8) is 0 Å². The number of para-hydroxylation sites is 1. The van der Waals surface area contributed by atoms with Crippen molar-refractivity contribution in [2.24, 2.45) is 0 Å². The van der Waals surface area contributed by atoms with Crippen molar-refractivity contribution in [2.45, 2.75) is 6.92 Å². The molecule has 4 heteroatoms. The van der Waals surface area contributed by atoms with Crippen LogP contribution >= 0.6 is 15.9 Å². The highest BCUT2D eigenvalue weighted by Gasteiger charge is 1.97. The van der Waals surface area contributed by atoms with Gasteiger partial charge in [0.1, 0.15) is 12.4 Å². The van der Waals surface area contributed by atoms with Crippen LogP contribution in [0, 0.1) is 0 Å². The quantitative estimate of drug-likeness (QED) is 0.616. The highest BCUT2D eigenvalue weighted by atomic mass is 79.9. The minimum Gasteiger partial charge on any atom is -0.488 e. The van der Waals surface area contributed by atoms with Crippen LogP contribution in [0.25, 0.3) is 0 Å². The van der Waals surface area contributed by atoms with E-state index in [9.17, 15) is 4.79 Å². The molecule has 0 aromatic heterocycles. The molecule has 0 amide bonds. The zero-order valence-electron chi connectivity index (χ0n) is 8.98. The number of hydrogen-bond donors (Lipinski definition) is 0. The lowest BCUT2D eigenvalue weighted by atomic mass is 10.3. The van der Waals surface area contributed by atoms with Gasteiger partial charge in [0.25, 0.3) is 0 Å². The van der Waals surface area contributed by atoms with Crippen LogP contribution in [0.15, 0.2) is 40.9 Å². The Morgan fingerprint density at radius 1 is 1.44 bits per heavy atom. The minimum absolute atomic E-state index is 0.335. The molecular formula is C12H13BrO3. The maximum absolute atomic E-state index is 10.9. The Labute approximate surface area is 103 Å². The minimum atomic E-state index is -0.349. The Hall–Kier alpha value is -1.29. The molecule has 0 aliphatic carbocycles. The molecule has 0 N–H and O–H groups in total. The first-order valence-corrected chi connectivity index (χ1v) is 5.74. The second-order valence-corrected chi connectivity index (χ2v) is 3.75. The Balaban J connectivity index is 2.36. The molecule has 0 saturated heterocycles. The average molecular weight is 285 g/mol. The second-order valence-electron chi connectivity index (χ2n) is 2.90. The van der Waals surface area contributed by atoms with E-state index in [2.05, 4.69) is 15.9 Å². The summed E-state index contributed by atoms with van der Waals surface area (Å²) in [7, 11) is 0. The Kier molecular flexibility index (Phi) is 5.64. The summed E-state index contributed by atoms with van der Waals surface area (Å²) in [6.07, 6.45) is 2.98. The molecule has 0 saturated carbocycles. The van der Waals surface area contributed by atoms with Crippen LogP contribution in [-0.4, -0.2) is 19.2 Å². The highest BCUT2D eigenvalue weighted by molar-refractivity contribution is 9.10. The first-order valence-electron chi connectivity index (χ1n) is 4.94. The number of rotatable bonds is 5. The lowest BCUT2D eigenvalue weighted by molar-refractivity contribution is -0.137. The standard InChI is InChI=1S/C12H13BrO3/c1-2-15-12(14)8-5-9-16-11-7-4-3-6-10(11)13/h3-8H,2,9H2,1H3. The third-order valence-corrected chi connectivity index (χ3v) is 2.37. The van der Waals surface area contributed by atoms with Crippen LogP contribution in [0.1, 0.15) is 6.92 Å². The lowest BCUT2D eigenvalue weighted by Gasteiger charge is -2.04. The van der Waals surface area contributed by atoms with E-state index in [4.69, 9.17) is 9.47 Å². The molecule has 3 nitrogen and oxygen atoms in total. The van der Waals surface area contributed by atoms with Crippen molar-refractivity contribution < 1.29 is 14.3 Å². The summed E-state index contributed by atoms with van der Waals surface area (Å²) >= 11 is 3.36. The van der Waals surface area contributed by atoms with Crippen molar-refractivity contribution in [2.75, 3.05) is 13.2 Å². The van der Waals surface area contributed by atoms with Crippen molar-refractivity contribution in [3.05, 3.63) is 40.9 Å². The monoisotopic (exact) mass is 284 g/mol. The molecule has 0 atom stereocenters. The van der Waals surface area contributed by atoms with Gasteiger partial charge in [0.15, 0.2) is 0 Å². The van der Waals surface area contributed by atoms with Gasteiger partial charge in [0, 0.05) is 6.08 Å². The van der Waals surface area contributed by atoms with E-state index in [-0.39, 0.29) is 5.97 Å².